The van der Waals surface area contributed by atoms with Crippen molar-refractivity contribution >= 4 is 16.9 Å². The lowest BCUT2D eigenvalue weighted by Crippen LogP contribution is -2.31. The summed E-state index contributed by atoms with van der Waals surface area (Å²) in [4.78, 5) is 12.2. The van der Waals surface area contributed by atoms with Gasteiger partial charge in [0.2, 0.25) is 0 Å². The van der Waals surface area contributed by atoms with Gasteiger partial charge in [0, 0.05) is 17.7 Å². The topological polar surface area (TPSA) is 79.9 Å². The van der Waals surface area contributed by atoms with Gasteiger partial charge in [0.05, 0.1) is 11.6 Å². The molecule has 148 valence electrons. The Kier molecular flexibility index (Phi) is 5.31. The molecule has 0 spiro atoms. The van der Waals surface area contributed by atoms with E-state index in [0.717, 1.165) is 28.7 Å². The van der Waals surface area contributed by atoms with E-state index in [2.05, 4.69) is 20.7 Å². The van der Waals surface area contributed by atoms with Crippen LogP contribution >= 0.6 is 0 Å². The van der Waals surface area contributed by atoms with Gasteiger partial charge in [-0.15, -0.1) is 5.10 Å². The Balaban J connectivity index is 1.62. The summed E-state index contributed by atoms with van der Waals surface area (Å²) in [5, 5.41) is 13.2. The number of amides is 1. The summed E-state index contributed by atoms with van der Waals surface area (Å²) in [5.41, 5.74) is 1.67. The summed E-state index contributed by atoms with van der Waals surface area (Å²) < 4.78 is 33.7. The third-order valence-corrected chi connectivity index (χ3v) is 4.36. The minimum absolute atomic E-state index is 0.0124. The number of ether oxygens (including phenoxy) is 1. The molecule has 1 aromatic heterocycles. The molecule has 2 aromatic carbocycles. The van der Waals surface area contributed by atoms with Gasteiger partial charge in [-0.05, 0) is 30.0 Å². The van der Waals surface area contributed by atoms with E-state index in [0.29, 0.717) is 0 Å². The third kappa shape index (κ3) is 4.27. The predicted octanol–water partition coefficient (Wildman–Crippen LogP) is 3.79. The number of nitrogens with zero attached hydrogens (tertiary/aromatic N) is 2. The molecule has 1 heterocycles. The molecule has 0 radical (unpaired) electrons. The van der Waals surface area contributed by atoms with E-state index in [1.54, 1.807) is 26.8 Å². The van der Waals surface area contributed by atoms with Gasteiger partial charge in [-0.25, -0.2) is 8.78 Å². The zero-order valence-electron chi connectivity index (χ0n) is 16.1. The van der Waals surface area contributed by atoms with Crippen LogP contribution in [0.3, 0.4) is 0 Å². The second-order valence-electron chi connectivity index (χ2n) is 7.68. The van der Waals surface area contributed by atoms with Crippen LogP contribution in [0.25, 0.3) is 11.0 Å². The molecule has 0 aliphatic heterocycles. The van der Waals surface area contributed by atoms with Gasteiger partial charge >= 0.3 is 0 Å². The fourth-order valence-corrected chi connectivity index (χ4v) is 3.00. The van der Waals surface area contributed by atoms with E-state index in [1.165, 1.54) is 0 Å². The molecule has 0 aliphatic carbocycles. The van der Waals surface area contributed by atoms with Crippen LogP contribution < -0.4 is 10.1 Å². The van der Waals surface area contributed by atoms with Crippen molar-refractivity contribution in [2.75, 3.05) is 6.61 Å². The highest BCUT2D eigenvalue weighted by molar-refractivity contribution is 5.78. The van der Waals surface area contributed by atoms with Gasteiger partial charge in [0.15, 0.2) is 6.61 Å². The summed E-state index contributed by atoms with van der Waals surface area (Å²) in [7, 11) is 0. The molecule has 0 aliphatic rings. The quantitative estimate of drug-likeness (QED) is 0.697. The Morgan fingerprint density at radius 1 is 1.21 bits per heavy atom. The van der Waals surface area contributed by atoms with Gasteiger partial charge in [-0.3, -0.25) is 9.89 Å². The molecule has 2 N–H and O–H groups in total. The molecule has 8 heteroatoms. The summed E-state index contributed by atoms with van der Waals surface area (Å²) in [6.07, 6.45) is 0. The smallest absolute Gasteiger partial charge is 0.258 e. The minimum atomic E-state index is -0.697. The molecule has 6 nitrogen and oxygen atoms in total. The number of hydrogen-bond donors (Lipinski definition) is 2. The molecule has 0 saturated carbocycles. The maximum absolute atomic E-state index is 14.2. The number of halogens is 2. The third-order valence-electron chi connectivity index (χ3n) is 4.36. The van der Waals surface area contributed by atoms with Gasteiger partial charge in [-0.2, -0.15) is 0 Å². The zero-order chi connectivity index (χ0) is 20.5. The molecule has 0 bridgehead atoms. The molecule has 3 rings (SSSR count). The lowest BCUT2D eigenvalue weighted by atomic mass is 9.86. The Labute approximate surface area is 161 Å². The van der Waals surface area contributed by atoms with Crippen LogP contribution in [-0.4, -0.2) is 27.9 Å². The molecule has 0 saturated heterocycles. The summed E-state index contributed by atoms with van der Waals surface area (Å²) >= 11 is 0. The van der Waals surface area contributed by atoms with E-state index in [4.69, 9.17) is 4.74 Å². The SMILES string of the molecule is C[C@@H](NC(=O)COc1cc(F)c(C(C)(C)C)c(F)c1)c1ccc2nn[nH]c2c1. The highest BCUT2D eigenvalue weighted by Crippen LogP contribution is 2.30. The van der Waals surface area contributed by atoms with E-state index in [9.17, 15) is 13.6 Å². The molecular formula is C20H22F2N4O2. The molecule has 3 aromatic rings. The summed E-state index contributed by atoms with van der Waals surface area (Å²) in [5.74, 6) is -1.83. The number of carbonyl (C=O) groups is 1. The monoisotopic (exact) mass is 388 g/mol. The average Bonchev–Trinajstić information content (AvgIpc) is 3.05. The Bertz CT molecular complexity index is 988. The minimum Gasteiger partial charge on any atom is -0.484 e. The van der Waals surface area contributed by atoms with Crippen LogP contribution in [0.5, 0.6) is 5.75 Å². The number of aromatic nitrogens is 3. The summed E-state index contributed by atoms with van der Waals surface area (Å²) in [6.45, 7) is 6.63. The van der Waals surface area contributed by atoms with E-state index in [1.807, 2.05) is 19.1 Å². The van der Waals surface area contributed by atoms with Crippen LogP contribution in [0.1, 0.15) is 44.9 Å². The van der Waals surface area contributed by atoms with Crippen LogP contribution in [0.4, 0.5) is 8.78 Å². The maximum Gasteiger partial charge on any atom is 0.258 e. The van der Waals surface area contributed by atoms with Crippen LogP contribution in [-0.2, 0) is 10.2 Å². The Morgan fingerprint density at radius 3 is 2.54 bits per heavy atom. The number of H-pyrrole nitrogens is 1. The van der Waals surface area contributed by atoms with E-state index in [-0.39, 0.29) is 24.0 Å². The van der Waals surface area contributed by atoms with Crippen molar-refractivity contribution in [3.05, 3.63) is 53.1 Å². The van der Waals surface area contributed by atoms with Gasteiger partial charge in [0.1, 0.15) is 22.9 Å². The van der Waals surface area contributed by atoms with Crippen LogP contribution in [0.2, 0.25) is 0 Å². The lowest BCUT2D eigenvalue weighted by Gasteiger charge is -2.21. The normalized spacial score (nSPS) is 12.8. The van der Waals surface area contributed by atoms with Crippen molar-refractivity contribution in [2.24, 2.45) is 0 Å². The fraction of sp³-hybridized carbons (Fsp3) is 0.350. The molecular weight excluding hydrogens is 366 g/mol. The fourth-order valence-electron chi connectivity index (χ4n) is 3.00. The largest absolute Gasteiger partial charge is 0.484 e. The number of carbonyl (C=O) groups excluding carboxylic acids is 1. The maximum atomic E-state index is 14.2. The number of nitrogens with one attached hydrogen (secondary N) is 2. The van der Waals surface area contributed by atoms with E-state index < -0.39 is 23.0 Å². The van der Waals surface area contributed by atoms with Gasteiger partial charge in [-0.1, -0.05) is 32.1 Å². The summed E-state index contributed by atoms with van der Waals surface area (Å²) in [6, 6.07) is 7.39. The van der Waals surface area contributed by atoms with Crippen LogP contribution in [0.15, 0.2) is 30.3 Å². The average molecular weight is 388 g/mol. The van der Waals surface area contributed by atoms with Gasteiger partial charge < -0.3 is 10.1 Å². The first kappa shape index (κ1) is 19.7. The van der Waals surface area contributed by atoms with Crippen molar-refractivity contribution in [3.8, 4) is 5.75 Å². The van der Waals surface area contributed by atoms with Crippen molar-refractivity contribution in [2.45, 2.75) is 39.2 Å². The second kappa shape index (κ2) is 7.53. The highest BCUT2D eigenvalue weighted by Gasteiger charge is 2.24. The molecule has 0 unspecified atom stereocenters. The number of benzene rings is 2. The standard InChI is InChI=1S/C20H22F2N4O2/c1-11(12-5-6-16-17(7-12)25-26-24-16)23-18(27)10-28-13-8-14(21)19(15(22)9-13)20(2,3)4/h5-9,11H,10H2,1-4H3,(H,23,27)(H,24,25,26)/t11-/m1/s1. The number of rotatable bonds is 5. The molecule has 1 amide bonds. The van der Waals surface area contributed by atoms with Crippen LogP contribution in [0, 0.1) is 11.6 Å². The number of fused-ring (bicyclic) bond motifs is 1. The highest BCUT2D eigenvalue weighted by atomic mass is 19.1. The first-order valence-electron chi connectivity index (χ1n) is 8.87. The molecule has 28 heavy (non-hydrogen) atoms. The second-order valence-corrected chi connectivity index (χ2v) is 7.68. The number of hydrogen-bond acceptors (Lipinski definition) is 4. The number of aromatic amines is 1. The molecule has 0 fully saturated rings. The first-order valence-corrected chi connectivity index (χ1v) is 8.87. The van der Waals surface area contributed by atoms with Crippen molar-refractivity contribution in [3.63, 3.8) is 0 Å². The zero-order valence-corrected chi connectivity index (χ0v) is 16.1. The first-order chi connectivity index (χ1) is 13.1. The Hall–Kier alpha value is -3.03. The van der Waals surface area contributed by atoms with Crippen molar-refractivity contribution in [1.82, 2.24) is 20.7 Å². The van der Waals surface area contributed by atoms with Crippen molar-refractivity contribution in [1.29, 1.82) is 0 Å². The van der Waals surface area contributed by atoms with Crippen molar-refractivity contribution < 1.29 is 18.3 Å². The van der Waals surface area contributed by atoms with Gasteiger partial charge in [0.25, 0.3) is 5.91 Å². The van der Waals surface area contributed by atoms with E-state index >= 15 is 0 Å². The molecule has 1 atom stereocenters. The lowest BCUT2D eigenvalue weighted by molar-refractivity contribution is -0.123. The predicted molar refractivity (Wildman–Crippen MR) is 101 cm³/mol. The Morgan fingerprint density at radius 2 is 1.89 bits per heavy atom.